The van der Waals surface area contributed by atoms with Crippen molar-refractivity contribution >= 4 is 11.9 Å². The molecule has 0 bridgehead atoms. The summed E-state index contributed by atoms with van der Waals surface area (Å²) in [6.07, 6.45) is 0. The Kier molecular flexibility index (Phi) is 3.65. The molecule has 1 atom stereocenters. The van der Waals surface area contributed by atoms with Gasteiger partial charge in [0.2, 0.25) is 5.91 Å². The number of nitrogens with two attached hydrogens (primary N) is 1. The van der Waals surface area contributed by atoms with Crippen LogP contribution in [0.1, 0.15) is 6.92 Å². The number of amides is 1. The number of primary amides is 1. The lowest BCUT2D eigenvalue weighted by atomic mass is 10.1. The first-order valence-electron chi connectivity index (χ1n) is 3.31. The van der Waals surface area contributed by atoms with E-state index in [9.17, 15) is 9.59 Å². The Bertz CT molecular complexity index is 190. The lowest BCUT2D eigenvalue weighted by Crippen LogP contribution is -2.46. The minimum Gasteiger partial charge on any atom is -0.479 e. The summed E-state index contributed by atoms with van der Waals surface area (Å²) in [6, 6.07) is 0. The lowest BCUT2D eigenvalue weighted by molar-refractivity contribution is -0.156. The molecule has 12 heavy (non-hydrogen) atoms. The Morgan fingerprint density at radius 2 is 2.08 bits per heavy atom. The molecular weight excluding hydrogens is 164 g/mol. The first kappa shape index (κ1) is 10.9. The first-order valence-corrected chi connectivity index (χ1v) is 3.31. The van der Waals surface area contributed by atoms with E-state index in [1.54, 1.807) is 0 Å². The van der Waals surface area contributed by atoms with E-state index in [2.05, 4.69) is 5.32 Å². The minimum absolute atomic E-state index is 0.149. The van der Waals surface area contributed by atoms with Gasteiger partial charge in [0.05, 0.1) is 6.54 Å². The van der Waals surface area contributed by atoms with Gasteiger partial charge >= 0.3 is 5.97 Å². The summed E-state index contributed by atoms with van der Waals surface area (Å²) in [6.45, 7) is 0.762. The molecular formula is C6H12N2O4. The van der Waals surface area contributed by atoms with Crippen molar-refractivity contribution in [3.05, 3.63) is 0 Å². The molecule has 0 fully saturated rings. The van der Waals surface area contributed by atoms with E-state index in [0.717, 1.165) is 6.92 Å². The average molecular weight is 176 g/mol. The summed E-state index contributed by atoms with van der Waals surface area (Å²) in [5.74, 6) is -1.95. The second-order valence-electron chi connectivity index (χ2n) is 2.65. The third-order valence-corrected chi connectivity index (χ3v) is 1.23. The Hall–Kier alpha value is -1.14. The van der Waals surface area contributed by atoms with Crippen molar-refractivity contribution in [1.82, 2.24) is 5.32 Å². The van der Waals surface area contributed by atoms with E-state index in [4.69, 9.17) is 15.9 Å². The monoisotopic (exact) mass is 176 g/mol. The molecule has 0 saturated carbocycles. The Balaban J connectivity index is 3.76. The molecule has 0 heterocycles. The van der Waals surface area contributed by atoms with E-state index >= 15 is 0 Å². The number of hydrogen-bond acceptors (Lipinski definition) is 4. The maximum atomic E-state index is 10.3. The highest BCUT2D eigenvalue weighted by molar-refractivity contribution is 5.78. The van der Waals surface area contributed by atoms with Crippen molar-refractivity contribution in [3.63, 3.8) is 0 Å². The Labute approximate surface area is 69.4 Å². The van der Waals surface area contributed by atoms with Gasteiger partial charge in [-0.15, -0.1) is 0 Å². The SMILES string of the molecule is CC(O)(CNCC(N)=O)C(=O)O. The van der Waals surface area contributed by atoms with Crippen LogP contribution in [0.2, 0.25) is 0 Å². The highest BCUT2D eigenvalue weighted by Crippen LogP contribution is 1.99. The van der Waals surface area contributed by atoms with Crippen LogP contribution < -0.4 is 11.1 Å². The number of aliphatic carboxylic acids is 1. The van der Waals surface area contributed by atoms with E-state index in [1.807, 2.05) is 0 Å². The van der Waals surface area contributed by atoms with Gasteiger partial charge in [0.25, 0.3) is 0 Å². The van der Waals surface area contributed by atoms with Gasteiger partial charge in [0.1, 0.15) is 0 Å². The van der Waals surface area contributed by atoms with Crippen LogP contribution in [0.3, 0.4) is 0 Å². The van der Waals surface area contributed by atoms with Crippen LogP contribution in [-0.2, 0) is 9.59 Å². The second kappa shape index (κ2) is 4.03. The first-order chi connectivity index (χ1) is 5.36. The molecule has 70 valence electrons. The molecule has 6 heteroatoms. The van der Waals surface area contributed by atoms with Crippen LogP contribution in [-0.4, -0.2) is 40.8 Å². The number of carboxylic acids is 1. The van der Waals surface area contributed by atoms with Crippen molar-refractivity contribution in [1.29, 1.82) is 0 Å². The van der Waals surface area contributed by atoms with E-state index in [0.29, 0.717) is 0 Å². The number of carbonyl (C=O) groups is 2. The lowest BCUT2D eigenvalue weighted by Gasteiger charge is -2.17. The summed E-state index contributed by atoms with van der Waals surface area (Å²) >= 11 is 0. The zero-order valence-corrected chi connectivity index (χ0v) is 6.70. The van der Waals surface area contributed by atoms with E-state index in [1.165, 1.54) is 0 Å². The van der Waals surface area contributed by atoms with Crippen LogP contribution in [0, 0.1) is 0 Å². The summed E-state index contributed by atoms with van der Waals surface area (Å²) in [7, 11) is 0. The number of carboxylic acid groups (broad SMARTS) is 1. The Morgan fingerprint density at radius 1 is 1.58 bits per heavy atom. The van der Waals surface area contributed by atoms with Gasteiger partial charge in [-0.25, -0.2) is 4.79 Å². The van der Waals surface area contributed by atoms with Gasteiger partial charge in [0.15, 0.2) is 5.60 Å². The largest absolute Gasteiger partial charge is 0.479 e. The fraction of sp³-hybridized carbons (Fsp3) is 0.667. The van der Waals surface area contributed by atoms with Crippen LogP contribution in [0.15, 0.2) is 0 Å². The van der Waals surface area contributed by atoms with Crippen molar-refractivity contribution in [2.75, 3.05) is 13.1 Å². The van der Waals surface area contributed by atoms with Crippen molar-refractivity contribution in [2.45, 2.75) is 12.5 Å². The molecule has 0 aromatic heterocycles. The number of aliphatic hydroxyl groups is 1. The smallest absolute Gasteiger partial charge is 0.336 e. The fourth-order valence-corrected chi connectivity index (χ4v) is 0.505. The third kappa shape index (κ3) is 3.89. The molecule has 0 spiro atoms. The molecule has 0 aliphatic carbocycles. The molecule has 0 aliphatic rings. The van der Waals surface area contributed by atoms with Crippen LogP contribution in [0.4, 0.5) is 0 Å². The summed E-state index contributed by atoms with van der Waals surface area (Å²) in [5.41, 5.74) is 2.90. The summed E-state index contributed by atoms with van der Waals surface area (Å²) in [4.78, 5) is 20.5. The van der Waals surface area contributed by atoms with Crippen LogP contribution in [0.25, 0.3) is 0 Å². The van der Waals surface area contributed by atoms with Crippen LogP contribution in [0.5, 0.6) is 0 Å². The molecule has 0 aromatic rings. The zero-order chi connectivity index (χ0) is 9.78. The molecule has 5 N–H and O–H groups in total. The molecule has 6 nitrogen and oxygen atoms in total. The van der Waals surface area contributed by atoms with Gasteiger partial charge < -0.3 is 21.3 Å². The van der Waals surface area contributed by atoms with Crippen LogP contribution >= 0.6 is 0 Å². The topological polar surface area (TPSA) is 113 Å². The minimum atomic E-state index is -1.87. The van der Waals surface area contributed by atoms with Crippen molar-refractivity contribution < 1.29 is 19.8 Å². The zero-order valence-electron chi connectivity index (χ0n) is 6.70. The second-order valence-corrected chi connectivity index (χ2v) is 2.65. The molecule has 1 unspecified atom stereocenters. The van der Waals surface area contributed by atoms with Gasteiger partial charge in [-0.2, -0.15) is 0 Å². The number of nitrogens with one attached hydrogen (secondary N) is 1. The normalized spacial score (nSPS) is 15.2. The molecule has 0 radical (unpaired) electrons. The molecule has 0 aliphatic heterocycles. The standard InChI is InChI=1S/C6H12N2O4/c1-6(12,5(10)11)3-8-2-4(7)9/h8,12H,2-3H2,1H3,(H2,7,9)(H,10,11). The van der Waals surface area contributed by atoms with Crippen molar-refractivity contribution in [2.24, 2.45) is 5.73 Å². The summed E-state index contributed by atoms with van der Waals surface area (Å²) < 4.78 is 0. The number of hydrogen-bond donors (Lipinski definition) is 4. The highest BCUT2D eigenvalue weighted by atomic mass is 16.4. The molecule has 1 amide bonds. The highest BCUT2D eigenvalue weighted by Gasteiger charge is 2.29. The number of carbonyl (C=O) groups excluding carboxylic acids is 1. The fourth-order valence-electron chi connectivity index (χ4n) is 0.505. The van der Waals surface area contributed by atoms with E-state index in [-0.39, 0.29) is 13.1 Å². The summed E-state index contributed by atoms with van der Waals surface area (Å²) in [5, 5.41) is 19.9. The molecule has 0 rings (SSSR count). The maximum Gasteiger partial charge on any atom is 0.336 e. The quantitative estimate of drug-likeness (QED) is 0.383. The molecule has 0 aromatic carbocycles. The molecule has 0 saturated heterocycles. The van der Waals surface area contributed by atoms with Gasteiger partial charge in [-0.3, -0.25) is 4.79 Å². The van der Waals surface area contributed by atoms with Gasteiger partial charge in [-0.05, 0) is 6.92 Å². The number of rotatable bonds is 5. The van der Waals surface area contributed by atoms with Crippen molar-refractivity contribution in [3.8, 4) is 0 Å². The predicted molar refractivity (Wildman–Crippen MR) is 40.3 cm³/mol. The van der Waals surface area contributed by atoms with E-state index < -0.39 is 17.5 Å². The maximum absolute atomic E-state index is 10.3. The van der Waals surface area contributed by atoms with Gasteiger partial charge in [-0.1, -0.05) is 0 Å². The average Bonchev–Trinajstić information content (AvgIpc) is 1.85. The van der Waals surface area contributed by atoms with Gasteiger partial charge in [0, 0.05) is 6.54 Å². The Morgan fingerprint density at radius 3 is 2.42 bits per heavy atom. The third-order valence-electron chi connectivity index (χ3n) is 1.23. The predicted octanol–water partition coefficient (Wildman–Crippen LogP) is -2.10.